The predicted octanol–water partition coefficient (Wildman–Crippen LogP) is 20.7. The second-order valence-electron chi connectivity index (χ2n) is 29.9. The average Bonchev–Trinajstić information content (AvgIpc) is 1.56. The normalized spacial score (nSPS) is 13.0. The SMILES string of the molecule is CC(C)(C)c1cc(-c2cc(-c3cc(C(C)(C)C)cc(C(C)(C)C)c3)nc(-c3cc4c5c(c3)-n3c6ccc(-c7ccccc7)cc6c6c(-c7ccccc7)ccc(c63)B5c3ccc(-c5ccccc5)c5c6cc(-c7ccccc7)ccc6n-4c35)n2)cc(C(C)(C)C)c1. The minimum Gasteiger partial charge on any atom is -0.310 e. The van der Waals surface area contributed by atoms with Gasteiger partial charge in [-0.1, -0.05) is 253 Å². The molecular formula is C86H75BN4. The van der Waals surface area contributed by atoms with Crippen LogP contribution in [0.15, 0.2) is 237 Å². The topological polar surface area (TPSA) is 35.6 Å². The second kappa shape index (κ2) is 20.3. The molecule has 0 N–H and O–H groups in total. The van der Waals surface area contributed by atoms with Crippen LogP contribution in [-0.4, -0.2) is 25.8 Å². The Labute approximate surface area is 536 Å². The molecule has 0 fully saturated rings. The van der Waals surface area contributed by atoms with Gasteiger partial charge in [-0.05, 0) is 172 Å². The molecule has 91 heavy (non-hydrogen) atoms. The van der Waals surface area contributed by atoms with E-state index in [2.05, 4.69) is 329 Å². The van der Waals surface area contributed by atoms with Crippen molar-refractivity contribution in [3.8, 4) is 89.8 Å². The van der Waals surface area contributed by atoms with Crippen molar-refractivity contribution in [2.24, 2.45) is 0 Å². The highest BCUT2D eigenvalue weighted by Gasteiger charge is 2.43. The van der Waals surface area contributed by atoms with Gasteiger partial charge in [0.05, 0.1) is 22.4 Å². The maximum atomic E-state index is 5.90. The standard InChI is InChI=1S/C86H75BN4/c1-83(2,3)61-41-58(42-62(49-61)84(4,5)6)71-51-72(59-43-63(85(7,8)9)50-64(44-59)86(10,11)12)89-82(88-71)60-47-75-79-76(48-60)91-74-40-34-57(53-27-19-14-20-28-53)46-68(74)78-66(55-31-23-16-24-32-55)36-38-70(81(78)91)87(79)69-37-35-65(54-29-21-15-22-30-54)77-67-45-56(52-25-17-13-18-26-52)33-39-73(67)90(75)80(69)77/h13-51H,1-12H3. The van der Waals surface area contributed by atoms with Gasteiger partial charge in [0.15, 0.2) is 5.82 Å². The first-order valence-corrected chi connectivity index (χ1v) is 32.5. The number of aromatic nitrogens is 4. The van der Waals surface area contributed by atoms with Crippen LogP contribution in [0.2, 0.25) is 0 Å². The fourth-order valence-electron chi connectivity index (χ4n) is 14.7. The van der Waals surface area contributed by atoms with Crippen molar-refractivity contribution >= 4 is 66.7 Å². The third kappa shape index (κ3) is 9.25. The summed E-state index contributed by atoms with van der Waals surface area (Å²) in [6.07, 6.45) is 0. The molecule has 5 heteroatoms. The summed E-state index contributed by atoms with van der Waals surface area (Å²) in [5, 5.41) is 4.96. The van der Waals surface area contributed by atoms with Crippen molar-refractivity contribution in [3.63, 3.8) is 0 Å². The van der Waals surface area contributed by atoms with Crippen molar-refractivity contribution in [1.29, 1.82) is 0 Å². The largest absolute Gasteiger partial charge is 0.310 e. The molecule has 0 radical (unpaired) electrons. The molecule has 0 bridgehead atoms. The molecule has 5 heterocycles. The predicted molar refractivity (Wildman–Crippen MR) is 388 cm³/mol. The molecule has 16 rings (SSSR count). The Bertz CT molecular complexity index is 4900. The van der Waals surface area contributed by atoms with Crippen LogP contribution >= 0.6 is 0 Å². The Kier molecular flexibility index (Phi) is 12.6. The van der Waals surface area contributed by atoms with Gasteiger partial charge < -0.3 is 9.13 Å². The van der Waals surface area contributed by atoms with Crippen LogP contribution in [0.5, 0.6) is 0 Å². The van der Waals surface area contributed by atoms with Gasteiger partial charge in [0.1, 0.15) is 0 Å². The first kappa shape index (κ1) is 56.4. The van der Waals surface area contributed by atoms with Crippen LogP contribution in [0.3, 0.4) is 0 Å². The van der Waals surface area contributed by atoms with E-state index in [1.165, 1.54) is 116 Å². The lowest BCUT2D eigenvalue weighted by molar-refractivity contribution is 0.568. The summed E-state index contributed by atoms with van der Waals surface area (Å²) in [6, 6.07) is 89.4. The molecule has 0 aliphatic carbocycles. The van der Waals surface area contributed by atoms with E-state index in [0.717, 1.165) is 50.5 Å². The number of fused-ring (bicyclic) bond motifs is 10. The number of nitrogens with zero attached hydrogens (tertiary/aromatic N) is 4. The summed E-state index contributed by atoms with van der Waals surface area (Å²) in [5.74, 6) is 0.686. The van der Waals surface area contributed by atoms with Gasteiger partial charge in [-0.3, -0.25) is 0 Å². The van der Waals surface area contributed by atoms with Gasteiger partial charge in [-0.15, -0.1) is 0 Å². The Hall–Kier alpha value is -9.84. The zero-order valence-electron chi connectivity index (χ0n) is 54.4. The number of rotatable bonds is 7. The third-order valence-corrected chi connectivity index (χ3v) is 19.7. The molecule has 4 nitrogen and oxygen atoms in total. The van der Waals surface area contributed by atoms with Gasteiger partial charge in [-0.2, -0.15) is 0 Å². The molecule has 0 spiro atoms. The zero-order valence-corrected chi connectivity index (χ0v) is 54.4. The summed E-state index contributed by atoms with van der Waals surface area (Å²) in [5.41, 5.74) is 30.2. The highest BCUT2D eigenvalue weighted by atomic mass is 15.0. The van der Waals surface area contributed by atoms with Crippen LogP contribution in [-0.2, 0) is 21.7 Å². The van der Waals surface area contributed by atoms with E-state index in [9.17, 15) is 0 Å². The first-order chi connectivity index (χ1) is 43.6. The average molecular weight is 1180 g/mol. The maximum Gasteiger partial charge on any atom is 0.252 e. The molecule has 3 aromatic heterocycles. The second-order valence-corrected chi connectivity index (χ2v) is 29.9. The molecule has 0 amide bonds. The lowest BCUT2D eigenvalue weighted by Gasteiger charge is -2.34. The van der Waals surface area contributed by atoms with Crippen molar-refractivity contribution in [2.45, 2.75) is 105 Å². The van der Waals surface area contributed by atoms with E-state index in [1.807, 2.05) is 0 Å². The number of hydrogen-bond donors (Lipinski definition) is 0. The maximum absolute atomic E-state index is 5.90. The Morgan fingerprint density at radius 1 is 0.297 bits per heavy atom. The van der Waals surface area contributed by atoms with Gasteiger partial charge in [0.25, 0.3) is 6.71 Å². The molecule has 0 atom stereocenters. The molecular weight excluding hydrogens is 1100 g/mol. The van der Waals surface area contributed by atoms with Crippen LogP contribution in [0.1, 0.15) is 105 Å². The monoisotopic (exact) mass is 1170 g/mol. The molecule has 14 aromatic rings. The van der Waals surface area contributed by atoms with E-state index < -0.39 is 0 Å². The fraction of sp³-hybridized carbons (Fsp3) is 0.186. The molecule has 2 aliphatic rings. The third-order valence-electron chi connectivity index (χ3n) is 19.7. The molecule has 0 saturated heterocycles. The summed E-state index contributed by atoms with van der Waals surface area (Å²) < 4.78 is 5.24. The van der Waals surface area contributed by atoms with Crippen LogP contribution in [0.4, 0.5) is 0 Å². The summed E-state index contributed by atoms with van der Waals surface area (Å²) in [6.45, 7) is 27.8. The highest BCUT2D eigenvalue weighted by molar-refractivity contribution is 7.00. The van der Waals surface area contributed by atoms with Crippen molar-refractivity contribution < 1.29 is 0 Å². The quantitative estimate of drug-likeness (QED) is 0.149. The van der Waals surface area contributed by atoms with Crippen molar-refractivity contribution in [2.75, 3.05) is 0 Å². The molecule has 0 saturated carbocycles. The van der Waals surface area contributed by atoms with E-state index in [-0.39, 0.29) is 28.4 Å². The smallest absolute Gasteiger partial charge is 0.252 e. The van der Waals surface area contributed by atoms with Crippen LogP contribution < -0.4 is 16.4 Å². The first-order valence-electron chi connectivity index (χ1n) is 32.5. The summed E-state index contributed by atoms with van der Waals surface area (Å²) in [7, 11) is 0. The van der Waals surface area contributed by atoms with E-state index >= 15 is 0 Å². The van der Waals surface area contributed by atoms with Gasteiger partial charge in [-0.25, -0.2) is 9.97 Å². The zero-order chi connectivity index (χ0) is 62.6. The van der Waals surface area contributed by atoms with E-state index in [0.29, 0.717) is 5.82 Å². The van der Waals surface area contributed by atoms with Crippen molar-refractivity contribution in [1.82, 2.24) is 19.1 Å². The minimum absolute atomic E-state index is 0.109. The number of benzene rings is 11. The fourth-order valence-corrected chi connectivity index (χ4v) is 14.7. The van der Waals surface area contributed by atoms with Gasteiger partial charge in [0.2, 0.25) is 0 Å². The highest BCUT2D eigenvalue weighted by Crippen LogP contribution is 2.47. The summed E-state index contributed by atoms with van der Waals surface area (Å²) in [4.78, 5) is 11.8. The molecule has 2 aliphatic heterocycles. The Balaban J connectivity index is 1.07. The lowest BCUT2D eigenvalue weighted by Crippen LogP contribution is -2.59. The molecule has 442 valence electrons. The lowest BCUT2D eigenvalue weighted by atomic mass is 9.34. The van der Waals surface area contributed by atoms with Gasteiger partial charge in [0, 0.05) is 60.6 Å². The van der Waals surface area contributed by atoms with E-state index in [1.54, 1.807) is 0 Å². The van der Waals surface area contributed by atoms with E-state index in [4.69, 9.17) is 9.97 Å². The molecule has 11 aromatic carbocycles. The van der Waals surface area contributed by atoms with Gasteiger partial charge >= 0.3 is 0 Å². The van der Waals surface area contributed by atoms with Crippen LogP contribution in [0.25, 0.3) is 133 Å². The minimum atomic E-state index is -0.121. The van der Waals surface area contributed by atoms with Crippen molar-refractivity contribution in [3.05, 3.63) is 259 Å². The van der Waals surface area contributed by atoms with Crippen LogP contribution in [0, 0.1) is 0 Å². The Morgan fingerprint density at radius 2 is 0.648 bits per heavy atom. The molecule has 0 unspecified atom stereocenters. The number of hydrogen-bond acceptors (Lipinski definition) is 2. The Morgan fingerprint density at radius 3 is 1.00 bits per heavy atom. The summed E-state index contributed by atoms with van der Waals surface area (Å²) >= 11 is 0.